The van der Waals surface area contributed by atoms with Crippen molar-refractivity contribution >= 4 is 17.2 Å². The van der Waals surface area contributed by atoms with E-state index in [0.717, 1.165) is 30.9 Å². The van der Waals surface area contributed by atoms with Gasteiger partial charge in [0.15, 0.2) is 10.7 Å². The number of hydrogen-bond donors (Lipinski definition) is 1. The summed E-state index contributed by atoms with van der Waals surface area (Å²) in [6.07, 6.45) is 2.07. The van der Waals surface area contributed by atoms with Crippen LogP contribution in [0.2, 0.25) is 0 Å². The molecule has 1 unspecified atom stereocenters. The lowest BCUT2D eigenvalue weighted by Gasteiger charge is -2.18. The minimum atomic E-state index is -1.33. The van der Waals surface area contributed by atoms with Crippen molar-refractivity contribution in [3.8, 4) is 5.75 Å². The fourth-order valence-electron chi connectivity index (χ4n) is 2.19. The zero-order valence-electron chi connectivity index (χ0n) is 11.3. The van der Waals surface area contributed by atoms with E-state index in [4.69, 9.17) is 4.74 Å². The zero-order valence-corrected chi connectivity index (χ0v) is 12.1. The molecule has 0 amide bonds. The van der Waals surface area contributed by atoms with Crippen LogP contribution >= 0.6 is 0 Å². The van der Waals surface area contributed by atoms with Crippen molar-refractivity contribution < 1.29 is 9.29 Å². The van der Waals surface area contributed by atoms with E-state index in [2.05, 4.69) is 9.71 Å². The molecule has 0 fully saturated rings. The second-order valence-electron chi connectivity index (χ2n) is 4.76. The van der Waals surface area contributed by atoms with Gasteiger partial charge in [-0.2, -0.15) is 4.72 Å². The molecule has 2 heterocycles. The summed E-state index contributed by atoms with van der Waals surface area (Å²) < 4.78 is 20.8. The molecule has 2 aromatic rings. The van der Waals surface area contributed by atoms with Gasteiger partial charge in [-0.1, -0.05) is 12.1 Å². The molecule has 0 radical (unpaired) electrons. The maximum absolute atomic E-state index is 12.3. The minimum Gasteiger partial charge on any atom is -0.588 e. The first-order valence-corrected chi connectivity index (χ1v) is 7.75. The lowest BCUT2D eigenvalue weighted by atomic mass is 10.1. The van der Waals surface area contributed by atoms with Gasteiger partial charge in [0.05, 0.1) is 6.61 Å². The number of aryl methyl sites for hydroxylation is 2. The molecule has 5 heteroatoms. The van der Waals surface area contributed by atoms with E-state index in [1.807, 2.05) is 37.3 Å². The highest BCUT2D eigenvalue weighted by molar-refractivity contribution is 7.92. The van der Waals surface area contributed by atoms with Crippen LogP contribution < -0.4 is 9.46 Å². The Morgan fingerprint density at radius 2 is 2.20 bits per heavy atom. The second-order valence-corrected chi connectivity index (χ2v) is 5.97. The van der Waals surface area contributed by atoms with E-state index in [9.17, 15) is 4.55 Å². The Balaban J connectivity index is 1.78. The molecule has 1 N–H and O–H groups in total. The Kier molecular flexibility index (Phi) is 3.80. The Morgan fingerprint density at radius 3 is 3.05 bits per heavy atom. The van der Waals surface area contributed by atoms with Gasteiger partial charge < -0.3 is 9.29 Å². The fraction of sp³-hybridized carbons (Fsp3) is 0.267. The first-order chi connectivity index (χ1) is 9.72. The summed E-state index contributed by atoms with van der Waals surface area (Å²) >= 11 is -1.33. The molecule has 0 saturated heterocycles. The predicted molar refractivity (Wildman–Crippen MR) is 79.3 cm³/mol. The lowest BCUT2D eigenvalue weighted by Crippen LogP contribution is -2.15. The predicted octanol–water partition coefficient (Wildman–Crippen LogP) is 2.85. The van der Waals surface area contributed by atoms with E-state index in [0.29, 0.717) is 10.7 Å². The van der Waals surface area contributed by atoms with Gasteiger partial charge in [-0.15, -0.1) is 0 Å². The standard InChI is InChI=1S/C15H16N2O2S/c1-11-4-2-6-15(16-11)17-20(18)13-8-7-12-5-3-9-19-14(12)10-13/h2,4,6-8,10H,3,5,9H2,1H3,(H,16,17). The van der Waals surface area contributed by atoms with Gasteiger partial charge in [0.2, 0.25) is 0 Å². The number of benzene rings is 1. The Morgan fingerprint density at radius 1 is 1.30 bits per heavy atom. The highest BCUT2D eigenvalue weighted by atomic mass is 32.2. The highest BCUT2D eigenvalue weighted by Gasteiger charge is 2.17. The zero-order chi connectivity index (χ0) is 13.9. The van der Waals surface area contributed by atoms with E-state index in [-0.39, 0.29) is 0 Å². The molecule has 3 rings (SSSR count). The topological polar surface area (TPSA) is 57.2 Å². The second kappa shape index (κ2) is 5.73. The molecule has 1 aromatic carbocycles. The van der Waals surface area contributed by atoms with Crippen molar-refractivity contribution in [1.82, 2.24) is 4.98 Å². The highest BCUT2D eigenvalue weighted by Crippen LogP contribution is 2.28. The molecular formula is C15H16N2O2S. The van der Waals surface area contributed by atoms with Gasteiger partial charge in [0, 0.05) is 11.8 Å². The average Bonchev–Trinajstić information content (AvgIpc) is 2.47. The third kappa shape index (κ3) is 2.89. The third-order valence-corrected chi connectivity index (χ3v) is 4.26. The van der Waals surface area contributed by atoms with Gasteiger partial charge >= 0.3 is 0 Å². The van der Waals surface area contributed by atoms with Crippen LogP contribution in [0.3, 0.4) is 0 Å². The molecule has 1 aromatic heterocycles. The van der Waals surface area contributed by atoms with Gasteiger partial charge in [0.25, 0.3) is 0 Å². The van der Waals surface area contributed by atoms with Gasteiger partial charge in [-0.05, 0) is 43.5 Å². The number of fused-ring (bicyclic) bond motifs is 1. The van der Waals surface area contributed by atoms with Crippen LogP contribution in [0.25, 0.3) is 0 Å². The van der Waals surface area contributed by atoms with Crippen LogP contribution in [-0.2, 0) is 17.8 Å². The monoisotopic (exact) mass is 288 g/mol. The van der Waals surface area contributed by atoms with Crippen molar-refractivity contribution in [3.05, 3.63) is 47.7 Å². The molecule has 4 nitrogen and oxygen atoms in total. The minimum absolute atomic E-state index is 0.613. The summed E-state index contributed by atoms with van der Waals surface area (Å²) in [7, 11) is 0. The number of aromatic nitrogens is 1. The molecule has 20 heavy (non-hydrogen) atoms. The molecule has 0 aliphatic carbocycles. The maximum atomic E-state index is 12.3. The molecule has 0 saturated carbocycles. The summed E-state index contributed by atoms with van der Waals surface area (Å²) in [5.74, 6) is 1.46. The molecule has 104 valence electrons. The van der Waals surface area contributed by atoms with E-state index in [1.165, 1.54) is 5.56 Å². The van der Waals surface area contributed by atoms with Crippen LogP contribution in [0.4, 0.5) is 5.82 Å². The third-order valence-electron chi connectivity index (χ3n) is 3.19. The molecule has 1 atom stereocenters. The van der Waals surface area contributed by atoms with Crippen molar-refractivity contribution in [3.63, 3.8) is 0 Å². The summed E-state index contributed by atoms with van der Waals surface area (Å²) in [6, 6.07) is 11.3. The molecule has 0 bridgehead atoms. The van der Waals surface area contributed by atoms with Crippen LogP contribution in [0.1, 0.15) is 17.7 Å². The number of nitrogens with one attached hydrogen (secondary N) is 1. The number of nitrogens with zero attached hydrogens (tertiary/aromatic N) is 1. The van der Waals surface area contributed by atoms with E-state index in [1.54, 1.807) is 6.07 Å². The number of pyridine rings is 1. The van der Waals surface area contributed by atoms with Crippen LogP contribution in [0.5, 0.6) is 5.75 Å². The van der Waals surface area contributed by atoms with Crippen LogP contribution in [-0.4, -0.2) is 16.1 Å². The maximum Gasteiger partial charge on any atom is 0.183 e. The summed E-state index contributed by atoms with van der Waals surface area (Å²) in [5.41, 5.74) is 2.08. The number of anilines is 1. The van der Waals surface area contributed by atoms with Crippen LogP contribution in [0.15, 0.2) is 41.3 Å². The summed E-state index contributed by atoms with van der Waals surface area (Å²) in [4.78, 5) is 4.99. The van der Waals surface area contributed by atoms with Crippen molar-refractivity contribution in [2.24, 2.45) is 0 Å². The SMILES string of the molecule is Cc1cccc(N[S+]([O-])c2ccc3c(c2)OCCC3)n1. The van der Waals surface area contributed by atoms with E-state index >= 15 is 0 Å². The average molecular weight is 288 g/mol. The Bertz CT molecular complexity index is 619. The van der Waals surface area contributed by atoms with Crippen LogP contribution in [0, 0.1) is 6.92 Å². The van der Waals surface area contributed by atoms with Gasteiger partial charge in [-0.25, -0.2) is 4.98 Å². The number of hydrogen-bond acceptors (Lipinski definition) is 4. The summed E-state index contributed by atoms with van der Waals surface area (Å²) in [6.45, 7) is 2.64. The number of rotatable bonds is 3. The smallest absolute Gasteiger partial charge is 0.183 e. The first kappa shape index (κ1) is 13.3. The number of ether oxygens (including phenoxy) is 1. The summed E-state index contributed by atoms with van der Waals surface area (Å²) in [5, 5.41) is 0. The fourth-order valence-corrected chi connectivity index (χ4v) is 3.02. The Labute approximate surface area is 121 Å². The quantitative estimate of drug-likeness (QED) is 0.882. The molecular weight excluding hydrogens is 272 g/mol. The normalized spacial score (nSPS) is 15.1. The van der Waals surface area contributed by atoms with Gasteiger partial charge in [0.1, 0.15) is 17.1 Å². The van der Waals surface area contributed by atoms with Crippen molar-refractivity contribution in [1.29, 1.82) is 0 Å². The van der Waals surface area contributed by atoms with Gasteiger partial charge in [-0.3, -0.25) is 0 Å². The van der Waals surface area contributed by atoms with E-state index < -0.39 is 11.4 Å². The molecule has 1 aliphatic heterocycles. The van der Waals surface area contributed by atoms with Crippen molar-refractivity contribution in [2.45, 2.75) is 24.7 Å². The molecule has 0 spiro atoms. The van der Waals surface area contributed by atoms with Crippen molar-refractivity contribution in [2.75, 3.05) is 11.3 Å². The first-order valence-electron chi connectivity index (χ1n) is 6.60. The lowest BCUT2D eigenvalue weighted by molar-refractivity contribution is 0.287. The largest absolute Gasteiger partial charge is 0.588 e. The molecule has 1 aliphatic rings. The Hall–Kier alpha value is -1.72.